The van der Waals surface area contributed by atoms with Gasteiger partial charge in [0, 0.05) is 42.3 Å². The highest BCUT2D eigenvalue weighted by molar-refractivity contribution is 7.91. The van der Waals surface area contributed by atoms with Crippen LogP contribution in [0.3, 0.4) is 0 Å². The Balaban J connectivity index is 0.000000516. The van der Waals surface area contributed by atoms with E-state index in [1.165, 1.54) is 4.31 Å². The van der Waals surface area contributed by atoms with E-state index in [1.54, 1.807) is 17.5 Å². The molecule has 29 heavy (non-hydrogen) atoms. The first-order chi connectivity index (χ1) is 13.4. The lowest BCUT2D eigenvalue weighted by Crippen LogP contribution is -2.34. The standard InChI is InChI=1S/C15H21N3O2S2.C2HF3O2/c1-4-22(19,20)18(12-15-6-9-21-14(15)3)11-13(2)10-17-8-5-7-16-17;3-2(4,5)1(6)7/h4-9,13H,1,10-12H2,2-3H3;(H,6,7). The largest absolute Gasteiger partial charge is 0.490 e. The number of hydrogen-bond acceptors (Lipinski definition) is 5. The Morgan fingerprint density at radius 1 is 1.48 bits per heavy atom. The quantitative estimate of drug-likeness (QED) is 0.661. The number of thiophene rings is 1. The fourth-order valence-corrected chi connectivity index (χ4v) is 3.97. The van der Waals surface area contributed by atoms with Gasteiger partial charge in [0.15, 0.2) is 0 Å². The summed E-state index contributed by atoms with van der Waals surface area (Å²) in [7, 11) is -3.45. The Bertz CT molecular complexity index is 893. The van der Waals surface area contributed by atoms with E-state index < -0.39 is 22.2 Å². The van der Waals surface area contributed by atoms with E-state index in [-0.39, 0.29) is 5.92 Å². The van der Waals surface area contributed by atoms with E-state index in [1.807, 2.05) is 42.2 Å². The van der Waals surface area contributed by atoms with Crippen molar-refractivity contribution in [2.24, 2.45) is 5.92 Å². The molecule has 0 saturated heterocycles. The van der Waals surface area contributed by atoms with E-state index in [0.717, 1.165) is 15.8 Å². The van der Waals surface area contributed by atoms with Crippen LogP contribution in [-0.2, 0) is 27.9 Å². The second kappa shape index (κ2) is 10.6. The third-order valence-corrected chi connectivity index (χ3v) is 6.01. The summed E-state index contributed by atoms with van der Waals surface area (Å²) >= 11 is 1.63. The first-order valence-corrected chi connectivity index (χ1v) is 10.7. The second-order valence-corrected chi connectivity index (χ2v) is 9.14. The van der Waals surface area contributed by atoms with Crippen molar-refractivity contribution < 1.29 is 31.5 Å². The zero-order valence-corrected chi connectivity index (χ0v) is 17.5. The lowest BCUT2D eigenvalue weighted by Gasteiger charge is -2.24. The predicted octanol–water partition coefficient (Wildman–Crippen LogP) is 3.50. The summed E-state index contributed by atoms with van der Waals surface area (Å²) in [6.45, 7) is 8.97. The van der Waals surface area contributed by atoms with Gasteiger partial charge in [-0.15, -0.1) is 11.3 Å². The molecule has 0 aliphatic rings. The Morgan fingerprint density at radius 3 is 2.52 bits per heavy atom. The van der Waals surface area contributed by atoms with Gasteiger partial charge in [0.25, 0.3) is 0 Å². The molecule has 0 aliphatic heterocycles. The van der Waals surface area contributed by atoms with Gasteiger partial charge < -0.3 is 5.11 Å². The van der Waals surface area contributed by atoms with Crippen molar-refractivity contribution in [1.82, 2.24) is 14.1 Å². The highest BCUT2D eigenvalue weighted by atomic mass is 32.2. The molecule has 2 aromatic heterocycles. The third-order valence-electron chi connectivity index (χ3n) is 3.70. The van der Waals surface area contributed by atoms with Crippen LogP contribution < -0.4 is 0 Å². The van der Waals surface area contributed by atoms with Gasteiger partial charge in [-0.25, -0.2) is 13.2 Å². The zero-order chi connectivity index (χ0) is 22.2. The molecule has 0 bridgehead atoms. The number of hydrogen-bond donors (Lipinski definition) is 1. The van der Waals surface area contributed by atoms with Crippen molar-refractivity contribution in [3.05, 3.63) is 52.3 Å². The van der Waals surface area contributed by atoms with Gasteiger partial charge in [0.1, 0.15) is 0 Å². The molecule has 0 fully saturated rings. The van der Waals surface area contributed by atoms with Crippen molar-refractivity contribution in [3.63, 3.8) is 0 Å². The molecule has 2 aromatic rings. The molecule has 2 heterocycles. The van der Waals surface area contributed by atoms with Gasteiger partial charge >= 0.3 is 12.1 Å². The van der Waals surface area contributed by atoms with Crippen LogP contribution in [0.1, 0.15) is 17.4 Å². The molecule has 1 unspecified atom stereocenters. The van der Waals surface area contributed by atoms with Gasteiger partial charge in [-0.3, -0.25) is 4.68 Å². The van der Waals surface area contributed by atoms with Crippen LogP contribution in [-0.4, -0.2) is 46.3 Å². The Hall–Kier alpha value is -2.18. The maximum atomic E-state index is 12.3. The van der Waals surface area contributed by atoms with Crippen molar-refractivity contribution >= 4 is 27.3 Å². The van der Waals surface area contributed by atoms with Crippen molar-refractivity contribution in [2.45, 2.75) is 33.1 Å². The number of aromatic nitrogens is 2. The molecule has 162 valence electrons. The van der Waals surface area contributed by atoms with E-state index in [4.69, 9.17) is 9.90 Å². The van der Waals surface area contributed by atoms with Crippen LogP contribution in [0, 0.1) is 12.8 Å². The van der Waals surface area contributed by atoms with Crippen LogP contribution in [0.4, 0.5) is 13.2 Å². The van der Waals surface area contributed by atoms with Gasteiger partial charge in [-0.05, 0) is 35.9 Å². The molecule has 0 aromatic carbocycles. The molecule has 2 rings (SSSR count). The number of nitrogens with zero attached hydrogens (tertiary/aromatic N) is 3. The normalized spacial score (nSPS) is 12.9. The number of carbonyl (C=O) groups is 1. The fourth-order valence-electron chi connectivity index (χ4n) is 2.26. The molecule has 0 aliphatic carbocycles. The van der Waals surface area contributed by atoms with Crippen molar-refractivity contribution in [3.8, 4) is 0 Å². The van der Waals surface area contributed by atoms with Gasteiger partial charge in [-0.2, -0.15) is 22.6 Å². The lowest BCUT2D eigenvalue weighted by molar-refractivity contribution is -0.192. The van der Waals surface area contributed by atoms with Crippen LogP contribution in [0.15, 0.2) is 41.9 Å². The number of halogens is 3. The summed E-state index contributed by atoms with van der Waals surface area (Å²) in [5.41, 5.74) is 1.04. The summed E-state index contributed by atoms with van der Waals surface area (Å²) in [5, 5.41) is 14.3. The predicted molar refractivity (Wildman–Crippen MR) is 104 cm³/mol. The minimum absolute atomic E-state index is 0.147. The second-order valence-electron chi connectivity index (χ2n) is 6.14. The number of sulfonamides is 1. The maximum Gasteiger partial charge on any atom is 0.490 e. The first kappa shape index (κ1) is 24.9. The number of rotatable bonds is 8. The molecule has 7 nitrogen and oxygen atoms in total. The van der Waals surface area contributed by atoms with Crippen LogP contribution >= 0.6 is 11.3 Å². The number of aryl methyl sites for hydroxylation is 1. The van der Waals surface area contributed by atoms with E-state index >= 15 is 0 Å². The Kier molecular flexibility index (Phi) is 9.05. The number of alkyl halides is 3. The van der Waals surface area contributed by atoms with Crippen LogP contribution in [0.2, 0.25) is 0 Å². The van der Waals surface area contributed by atoms with E-state index in [0.29, 0.717) is 19.6 Å². The van der Waals surface area contributed by atoms with Crippen LogP contribution in [0.5, 0.6) is 0 Å². The summed E-state index contributed by atoms with van der Waals surface area (Å²) in [4.78, 5) is 10.0. The SMILES string of the molecule is C=CS(=O)(=O)N(Cc1ccsc1C)CC(C)Cn1cccn1.O=C(O)C(F)(F)F. The van der Waals surface area contributed by atoms with E-state index in [9.17, 15) is 21.6 Å². The monoisotopic (exact) mass is 453 g/mol. The molecule has 0 saturated carbocycles. The molecule has 0 radical (unpaired) electrons. The number of aliphatic carboxylic acids is 1. The van der Waals surface area contributed by atoms with Gasteiger partial charge in [-0.1, -0.05) is 13.5 Å². The molecular formula is C17H22F3N3O4S2. The highest BCUT2D eigenvalue weighted by Crippen LogP contribution is 2.20. The summed E-state index contributed by atoms with van der Waals surface area (Å²) in [5.74, 6) is -2.61. The summed E-state index contributed by atoms with van der Waals surface area (Å²) in [6.07, 6.45) is -1.48. The molecular weight excluding hydrogens is 431 g/mol. The van der Waals surface area contributed by atoms with Crippen LogP contribution in [0.25, 0.3) is 0 Å². The Morgan fingerprint density at radius 2 is 2.10 bits per heavy atom. The zero-order valence-electron chi connectivity index (χ0n) is 15.8. The topological polar surface area (TPSA) is 92.5 Å². The minimum atomic E-state index is -5.08. The summed E-state index contributed by atoms with van der Waals surface area (Å²) in [6, 6.07) is 3.84. The number of carboxylic acids is 1. The molecule has 1 atom stereocenters. The number of carboxylic acid groups (broad SMARTS) is 1. The minimum Gasteiger partial charge on any atom is -0.475 e. The van der Waals surface area contributed by atoms with Gasteiger partial charge in [0.2, 0.25) is 10.0 Å². The molecule has 1 N–H and O–H groups in total. The Labute approximate surface area is 171 Å². The van der Waals surface area contributed by atoms with Crippen molar-refractivity contribution in [2.75, 3.05) is 6.54 Å². The lowest BCUT2D eigenvalue weighted by atomic mass is 10.1. The molecule has 12 heteroatoms. The molecule has 0 amide bonds. The smallest absolute Gasteiger partial charge is 0.475 e. The molecule has 0 spiro atoms. The first-order valence-electron chi connectivity index (χ1n) is 8.30. The fraction of sp³-hybridized carbons (Fsp3) is 0.412. The average molecular weight is 454 g/mol. The summed E-state index contributed by atoms with van der Waals surface area (Å²) < 4.78 is 59.6. The van der Waals surface area contributed by atoms with Crippen molar-refractivity contribution in [1.29, 1.82) is 0 Å². The average Bonchev–Trinajstić information content (AvgIpc) is 3.26. The van der Waals surface area contributed by atoms with E-state index in [2.05, 4.69) is 11.7 Å². The maximum absolute atomic E-state index is 12.3. The highest BCUT2D eigenvalue weighted by Gasteiger charge is 2.38. The van der Waals surface area contributed by atoms with Gasteiger partial charge in [0.05, 0.1) is 0 Å². The third kappa shape index (κ3) is 8.38.